The van der Waals surface area contributed by atoms with Crippen LogP contribution in [0, 0.1) is 0 Å². The first-order chi connectivity index (χ1) is 13.8. The van der Waals surface area contributed by atoms with Crippen molar-refractivity contribution in [2.75, 3.05) is 44.7 Å². The van der Waals surface area contributed by atoms with E-state index in [0.29, 0.717) is 5.92 Å². The average molecular weight is 380 g/mol. The number of para-hydroxylation sites is 1. The smallest absolute Gasteiger partial charge is 0.321 e. The van der Waals surface area contributed by atoms with Crippen LogP contribution in [0.1, 0.15) is 29.9 Å². The first-order valence-electron chi connectivity index (χ1n) is 10.3. The number of hydrogen-bond donors (Lipinski definition) is 1. The predicted molar refractivity (Wildman–Crippen MR) is 112 cm³/mol. The van der Waals surface area contributed by atoms with E-state index in [4.69, 9.17) is 4.74 Å². The zero-order chi connectivity index (χ0) is 19.2. The lowest BCUT2D eigenvalue weighted by molar-refractivity contribution is 0.0342. The Balaban J connectivity index is 1.34. The maximum Gasteiger partial charge on any atom is 0.321 e. The molecule has 0 aromatic heterocycles. The highest BCUT2D eigenvalue weighted by Crippen LogP contribution is 2.28. The Labute approximate surface area is 167 Å². The van der Waals surface area contributed by atoms with Gasteiger partial charge in [0.25, 0.3) is 0 Å². The number of amides is 2. The van der Waals surface area contributed by atoms with Crippen molar-refractivity contribution < 1.29 is 9.53 Å². The van der Waals surface area contributed by atoms with Gasteiger partial charge in [-0.1, -0.05) is 48.5 Å². The average Bonchev–Trinajstić information content (AvgIpc) is 2.76. The minimum absolute atomic E-state index is 0.0148. The van der Waals surface area contributed by atoms with Gasteiger partial charge >= 0.3 is 6.03 Å². The summed E-state index contributed by atoms with van der Waals surface area (Å²) in [6.07, 6.45) is 2.04. The minimum Gasteiger partial charge on any atom is -0.379 e. The lowest BCUT2D eigenvalue weighted by atomic mass is 9.90. The molecule has 2 aliphatic rings. The fourth-order valence-electron chi connectivity index (χ4n) is 4.12. The van der Waals surface area contributed by atoms with Crippen molar-refractivity contribution in [2.45, 2.75) is 25.3 Å². The van der Waals surface area contributed by atoms with Crippen LogP contribution >= 0.6 is 0 Å². The van der Waals surface area contributed by atoms with E-state index in [1.807, 2.05) is 23.1 Å². The Bertz CT molecular complexity index is 766. The Morgan fingerprint density at radius 3 is 2.36 bits per heavy atom. The highest BCUT2D eigenvalue weighted by Gasteiger charge is 2.24. The van der Waals surface area contributed by atoms with Gasteiger partial charge in [0.15, 0.2) is 0 Å². The second-order valence-corrected chi connectivity index (χ2v) is 7.65. The summed E-state index contributed by atoms with van der Waals surface area (Å²) in [4.78, 5) is 17.2. The maximum atomic E-state index is 12.8. The molecule has 2 aromatic carbocycles. The van der Waals surface area contributed by atoms with Crippen LogP contribution in [-0.4, -0.2) is 55.2 Å². The number of anilines is 1. The van der Waals surface area contributed by atoms with E-state index in [-0.39, 0.29) is 6.03 Å². The molecule has 0 spiro atoms. The number of ether oxygens (including phenoxy) is 1. The monoisotopic (exact) mass is 379 g/mol. The molecule has 5 nitrogen and oxygen atoms in total. The van der Waals surface area contributed by atoms with Crippen molar-refractivity contribution in [3.05, 3.63) is 65.7 Å². The number of benzene rings is 2. The third-order valence-electron chi connectivity index (χ3n) is 5.81. The Kier molecular flexibility index (Phi) is 6.24. The Morgan fingerprint density at radius 2 is 1.61 bits per heavy atom. The van der Waals surface area contributed by atoms with Crippen molar-refractivity contribution in [3.8, 4) is 0 Å². The number of nitrogens with zero attached hydrogens (tertiary/aromatic N) is 2. The predicted octanol–water partition coefficient (Wildman–Crippen LogP) is 3.93. The summed E-state index contributed by atoms with van der Waals surface area (Å²) >= 11 is 0. The van der Waals surface area contributed by atoms with Crippen LogP contribution in [0.3, 0.4) is 0 Å². The third-order valence-corrected chi connectivity index (χ3v) is 5.81. The highest BCUT2D eigenvalue weighted by atomic mass is 16.5. The third kappa shape index (κ3) is 4.72. The summed E-state index contributed by atoms with van der Waals surface area (Å²) in [7, 11) is 0. The Hall–Kier alpha value is -2.37. The topological polar surface area (TPSA) is 44.8 Å². The molecule has 2 aliphatic heterocycles. The lowest BCUT2D eigenvalue weighted by Gasteiger charge is -2.32. The molecule has 0 aliphatic carbocycles. The number of hydrogen-bond acceptors (Lipinski definition) is 3. The molecule has 2 amide bonds. The van der Waals surface area contributed by atoms with Crippen LogP contribution in [0.25, 0.3) is 0 Å². The summed E-state index contributed by atoms with van der Waals surface area (Å²) in [5.74, 6) is 0.554. The number of nitrogens with one attached hydrogen (secondary N) is 1. The molecule has 28 heavy (non-hydrogen) atoms. The van der Waals surface area contributed by atoms with Gasteiger partial charge in [-0.15, -0.1) is 0 Å². The molecule has 0 radical (unpaired) electrons. The zero-order valence-electron chi connectivity index (χ0n) is 16.3. The largest absolute Gasteiger partial charge is 0.379 e. The molecule has 2 aromatic rings. The fourth-order valence-corrected chi connectivity index (χ4v) is 4.12. The van der Waals surface area contributed by atoms with Crippen molar-refractivity contribution in [1.29, 1.82) is 0 Å². The van der Waals surface area contributed by atoms with Crippen molar-refractivity contribution in [1.82, 2.24) is 9.80 Å². The highest BCUT2D eigenvalue weighted by molar-refractivity contribution is 5.90. The lowest BCUT2D eigenvalue weighted by Crippen LogP contribution is -2.41. The van der Waals surface area contributed by atoms with Crippen LogP contribution in [0.4, 0.5) is 10.5 Å². The first kappa shape index (κ1) is 19.0. The minimum atomic E-state index is 0.0148. The molecule has 0 saturated carbocycles. The van der Waals surface area contributed by atoms with Gasteiger partial charge < -0.3 is 15.0 Å². The van der Waals surface area contributed by atoms with Crippen molar-refractivity contribution in [2.24, 2.45) is 0 Å². The molecule has 4 rings (SSSR count). The number of morpholine rings is 1. The number of carbonyl (C=O) groups excluding carboxylic acids is 1. The normalized spacial score (nSPS) is 18.8. The summed E-state index contributed by atoms with van der Waals surface area (Å²) in [5.41, 5.74) is 3.47. The quantitative estimate of drug-likeness (QED) is 0.875. The first-order valence-corrected chi connectivity index (χ1v) is 10.3. The standard InChI is InChI=1S/C23H29N3O2/c27-23(26-12-10-20(11-13-26)19-6-2-1-3-7-19)24-22-9-5-4-8-21(22)18-25-14-16-28-17-15-25/h1-9,20H,10-18H2,(H,24,27). The Morgan fingerprint density at radius 1 is 0.929 bits per heavy atom. The fraction of sp³-hybridized carbons (Fsp3) is 0.435. The number of likely N-dealkylation sites (tertiary alicyclic amines) is 1. The van der Waals surface area contributed by atoms with Gasteiger partial charge in [-0.3, -0.25) is 4.90 Å². The van der Waals surface area contributed by atoms with Crippen molar-refractivity contribution in [3.63, 3.8) is 0 Å². The molecule has 0 bridgehead atoms. The van der Waals surface area contributed by atoms with Gasteiger partial charge in [-0.2, -0.15) is 0 Å². The molecule has 2 fully saturated rings. The molecular weight excluding hydrogens is 350 g/mol. The van der Waals surface area contributed by atoms with Gasteiger partial charge in [0.05, 0.1) is 13.2 Å². The van der Waals surface area contributed by atoms with E-state index in [1.54, 1.807) is 0 Å². The summed E-state index contributed by atoms with van der Waals surface area (Å²) in [6.45, 7) is 5.89. The molecule has 2 heterocycles. The zero-order valence-corrected chi connectivity index (χ0v) is 16.3. The maximum absolute atomic E-state index is 12.8. The molecule has 1 N–H and O–H groups in total. The SMILES string of the molecule is O=C(Nc1ccccc1CN1CCOCC1)N1CCC(c2ccccc2)CC1. The summed E-state index contributed by atoms with van der Waals surface area (Å²) < 4.78 is 5.43. The van der Waals surface area contributed by atoms with E-state index >= 15 is 0 Å². The van der Waals surface area contributed by atoms with Crippen molar-refractivity contribution >= 4 is 11.7 Å². The van der Waals surface area contributed by atoms with Crippen LogP contribution in [0.2, 0.25) is 0 Å². The number of piperidine rings is 1. The number of rotatable bonds is 4. The molecule has 5 heteroatoms. The van der Waals surface area contributed by atoms with Gasteiger partial charge in [-0.25, -0.2) is 4.79 Å². The van der Waals surface area contributed by atoms with Gasteiger partial charge in [0.1, 0.15) is 0 Å². The van der Waals surface area contributed by atoms with Gasteiger partial charge in [0, 0.05) is 38.4 Å². The van der Waals surface area contributed by atoms with Crippen LogP contribution in [-0.2, 0) is 11.3 Å². The van der Waals surface area contributed by atoms with Crippen LogP contribution in [0.15, 0.2) is 54.6 Å². The molecule has 148 valence electrons. The molecule has 0 atom stereocenters. The van der Waals surface area contributed by atoms with Gasteiger partial charge in [-0.05, 0) is 36.0 Å². The van der Waals surface area contributed by atoms with E-state index < -0.39 is 0 Å². The van der Waals surface area contributed by atoms with E-state index in [2.05, 4.69) is 46.6 Å². The second kappa shape index (κ2) is 9.22. The van der Waals surface area contributed by atoms with Crippen LogP contribution in [0.5, 0.6) is 0 Å². The summed E-state index contributed by atoms with van der Waals surface area (Å²) in [6, 6.07) is 18.8. The number of urea groups is 1. The van der Waals surface area contributed by atoms with Crippen LogP contribution < -0.4 is 5.32 Å². The number of carbonyl (C=O) groups is 1. The van der Waals surface area contributed by atoms with E-state index in [9.17, 15) is 4.79 Å². The van der Waals surface area contributed by atoms with E-state index in [0.717, 1.165) is 70.0 Å². The second-order valence-electron chi connectivity index (χ2n) is 7.65. The van der Waals surface area contributed by atoms with E-state index in [1.165, 1.54) is 5.56 Å². The molecule has 2 saturated heterocycles. The molecular formula is C23H29N3O2. The molecule has 0 unspecified atom stereocenters. The summed E-state index contributed by atoms with van der Waals surface area (Å²) in [5, 5.41) is 3.15. The van der Waals surface area contributed by atoms with Gasteiger partial charge in [0.2, 0.25) is 0 Å².